The standard InChI is InChI=1S/C15H22BrNO3S/c1-10-6-11(2)12(3)17(8-10)21(19,20)15-5-4-13(9-18)7-14(15)16/h4-5,7,10-12,18H,6,8-9H2,1-3H3. The Morgan fingerprint density at radius 3 is 2.57 bits per heavy atom. The van der Waals surface area contributed by atoms with Crippen LogP contribution in [0, 0.1) is 11.8 Å². The molecule has 1 saturated heterocycles. The predicted octanol–water partition coefficient (Wildman–Crippen LogP) is 3.00. The predicted molar refractivity (Wildman–Crippen MR) is 86.4 cm³/mol. The molecule has 1 aliphatic heterocycles. The molecule has 0 amide bonds. The van der Waals surface area contributed by atoms with Crippen molar-refractivity contribution in [3.05, 3.63) is 28.2 Å². The molecule has 0 saturated carbocycles. The highest BCUT2D eigenvalue weighted by molar-refractivity contribution is 9.10. The maximum atomic E-state index is 12.9. The first-order chi connectivity index (χ1) is 9.77. The van der Waals surface area contributed by atoms with Crippen LogP contribution in [-0.2, 0) is 16.6 Å². The van der Waals surface area contributed by atoms with Gasteiger partial charge in [0.05, 0.1) is 11.5 Å². The Balaban J connectivity index is 2.41. The Bertz CT molecular complexity index is 617. The third-order valence-electron chi connectivity index (χ3n) is 4.31. The van der Waals surface area contributed by atoms with Crippen LogP contribution in [0.5, 0.6) is 0 Å². The Morgan fingerprint density at radius 2 is 2.00 bits per heavy atom. The number of aliphatic hydroxyl groups excluding tert-OH is 1. The zero-order chi connectivity index (χ0) is 15.8. The second-order valence-corrected chi connectivity index (χ2v) is 8.77. The number of halogens is 1. The minimum atomic E-state index is -3.53. The summed E-state index contributed by atoms with van der Waals surface area (Å²) in [5, 5.41) is 9.14. The summed E-state index contributed by atoms with van der Waals surface area (Å²) in [5.74, 6) is 0.709. The van der Waals surface area contributed by atoms with Gasteiger partial charge in [-0.2, -0.15) is 4.31 Å². The van der Waals surface area contributed by atoms with Crippen LogP contribution in [0.2, 0.25) is 0 Å². The number of piperidine rings is 1. The van der Waals surface area contributed by atoms with Crippen molar-refractivity contribution >= 4 is 26.0 Å². The van der Waals surface area contributed by atoms with Crippen molar-refractivity contribution < 1.29 is 13.5 Å². The summed E-state index contributed by atoms with van der Waals surface area (Å²) in [5.41, 5.74) is 0.689. The van der Waals surface area contributed by atoms with Gasteiger partial charge in [-0.3, -0.25) is 0 Å². The van der Waals surface area contributed by atoms with E-state index in [1.807, 2.05) is 6.92 Å². The zero-order valence-corrected chi connectivity index (χ0v) is 15.0. The zero-order valence-electron chi connectivity index (χ0n) is 12.6. The summed E-state index contributed by atoms with van der Waals surface area (Å²) in [7, 11) is -3.53. The molecule has 1 aliphatic rings. The van der Waals surface area contributed by atoms with Gasteiger partial charge in [-0.15, -0.1) is 0 Å². The molecule has 4 nitrogen and oxygen atoms in total. The average Bonchev–Trinajstić information content (AvgIpc) is 2.42. The van der Waals surface area contributed by atoms with Crippen LogP contribution >= 0.6 is 15.9 Å². The van der Waals surface area contributed by atoms with E-state index in [2.05, 4.69) is 29.8 Å². The quantitative estimate of drug-likeness (QED) is 0.883. The molecule has 0 aliphatic carbocycles. The lowest BCUT2D eigenvalue weighted by Crippen LogP contribution is -2.48. The van der Waals surface area contributed by atoms with Crippen molar-refractivity contribution in [1.29, 1.82) is 0 Å². The highest BCUT2D eigenvalue weighted by Gasteiger charge is 2.37. The molecule has 0 spiro atoms. The van der Waals surface area contributed by atoms with Crippen LogP contribution in [0.15, 0.2) is 27.6 Å². The number of nitrogens with zero attached hydrogens (tertiary/aromatic N) is 1. The molecule has 1 aromatic rings. The minimum Gasteiger partial charge on any atom is -0.392 e. The third-order valence-corrected chi connectivity index (χ3v) is 7.24. The molecule has 3 unspecified atom stereocenters. The third kappa shape index (κ3) is 3.33. The fraction of sp³-hybridized carbons (Fsp3) is 0.600. The van der Waals surface area contributed by atoms with Crippen LogP contribution in [-0.4, -0.2) is 30.4 Å². The summed E-state index contributed by atoms with van der Waals surface area (Å²) in [6.07, 6.45) is 1.05. The Kier molecular flexibility index (Phi) is 5.13. The maximum Gasteiger partial charge on any atom is 0.244 e. The van der Waals surface area contributed by atoms with Crippen molar-refractivity contribution in [3.63, 3.8) is 0 Å². The topological polar surface area (TPSA) is 57.6 Å². The van der Waals surface area contributed by atoms with Gasteiger partial charge in [0, 0.05) is 17.1 Å². The van der Waals surface area contributed by atoms with Crippen molar-refractivity contribution in [2.75, 3.05) is 6.54 Å². The molecule has 1 fully saturated rings. The van der Waals surface area contributed by atoms with Crippen molar-refractivity contribution in [2.45, 2.75) is 44.7 Å². The van der Waals surface area contributed by atoms with E-state index in [-0.39, 0.29) is 17.5 Å². The minimum absolute atomic E-state index is 0.00406. The normalized spacial score (nSPS) is 27.8. The van der Waals surface area contributed by atoms with E-state index in [0.717, 1.165) is 6.42 Å². The molecule has 1 N–H and O–H groups in total. The summed E-state index contributed by atoms with van der Waals surface area (Å²) in [4.78, 5) is 0.271. The Labute approximate surface area is 135 Å². The molecule has 3 atom stereocenters. The average molecular weight is 376 g/mol. The van der Waals surface area contributed by atoms with E-state index < -0.39 is 10.0 Å². The van der Waals surface area contributed by atoms with Crippen molar-refractivity contribution in [3.8, 4) is 0 Å². The first-order valence-corrected chi connectivity index (χ1v) is 9.41. The molecule has 0 aromatic heterocycles. The van der Waals surface area contributed by atoms with Gasteiger partial charge < -0.3 is 5.11 Å². The number of rotatable bonds is 3. The molecule has 1 aromatic carbocycles. The summed E-state index contributed by atoms with van der Waals surface area (Å²) in [6, 6.07) is 4.88. The van der Waals surface area contributed by atoms with E-state index in [1.165, 1.54) is 0 Å². The Morgan fingerprint density at radius 1 is 1.33 bits per heavy atom. The number of sulfonamides is 1. The monoisotopic (exact) mass is 375 g/mol. The van der Waals surface area contributed by atoms with Gasteiger partial charge in [-0.1, -0.05) is 19.9 Å². The number of benzene rings is 1. The van der Waals surface area contributed by atoms with Crippen LogP contribution in [0.1, 0.15) is 32.8 Å². The molecule has 21 heavy (non-hydrogen) atoms. The largest absolute Gasteiger partial charge is 0.392 e. The fourth-order valence-corrected chi connectivity index (χ4v) is 5.89. The van der Waals surface area contributed by atoms with Crippen LogP contribution < -0.4 is 0 Å². The van der Waals surface area contributed by atoms with Crippen LogP contribution in [0.25, 0.3) is 0 Å². The first-order valence-electron chi connectivity index (χ1n) is 7.18. The second-order valence-electron chi connectivity index (χ2n) is 6.06. The summed E-state index contributed by atoms with van der Waals surface area (Å²) < 4.78 is 28.0. The number of hydrogen-bond acceptors (Lipinski definition) is 3. The van der Waals surface area contributed by atoms with E-state index in [1.54, 1.807) is 22.5 Å². The molecule has 0 bridgehead atoms. The fourth-order valence-electron chi connectivity index (χ4n) is 2.96. The van der Waals surface area contributed by atoms with Gasteiger partial charge in [0.15, 0.2) is 0 Å². The van der Waals surface area contributed by atoms with E-state index in [9.17, 15) is 8.42 Å². The molecular weight excluding hydrogens is 354 g/mol. The first kappa shape index (κ1) is 16.9. The van der Waals surface area contributed by atoms with Crippen LogP contribution in [0.3, 0.4) is 0 Å². The van der Waals surface area contributed by atoms with Crippen molar-refractivity contribution in [1.82, 2.24) is 4.31 Å². The van der Waals surface area contributed by atoms with Crippen molar-refractivity contribution in [2.24, 2.45) is 11.8 Å². The van der Waals surface area contributed by atoms with Gasteiger partial charge in [-0.05, 0) is 58.8 Å². The summed E-state index contributed by atoms with van der Waals surface area (Å²) >= 11 is 3.32. The van der Waals surface area contributed by atoms with E-state index in [0.29, 0.717) is 28.4 Å². The lowest BCUT2D eigenvalue weighted by Gasteiger charge is -2.40. The molecule has 6 heteroatoms. The lowest BCUT2D eigenvalue weighted by molar-refractivity contribution is 0.157. The second kappa shape index (κ2) is 6.36. The number of hydrogen-bond donors (Lipinski definition) is 1. The molecule has 118 valence electrons. The van der Waals surface area contributed by atoms with Gasteiger partial charge >= 0.3 is 0 Å². The maximum absolute atomic E-state index is 12.9. The smallest absolute Gasteiger partial charge is 0.244 e. The summed E-state index contributed by atoms with van der Waals surface area (Å²) in [6.45, 7) is 6.63. The van der Waals surface area contributed by atoms with Gasteiger partial charge in [0.2, 0.25) is 10.0 Å². The number of aliphatic hydroxyl groups is 1. The Hall–Kier alpha value is -0.430. The molecule has 2 rings (SSSR count). The van der Waals surface area contributed by atoms with E-state index in [4.69, 9.17) is 5.11 Å². The highest BCUT2D eigenvalue weighted by Crippen LogP contribution is 2.34. The van der Waals surface area contributed by atoms with Gasteiger partial charge in [0.25, 0.3) is 0 Å². The van der Waals surface area contributed by atoms with Gasteiger partial charge in [-0.25, -0.2) is 8.42 Å². The van der Waals surface area contributed by atoms with Crippen LogP contribution in [0.4, 0.5) is 0 Å². The van der Waals surface area contributed by atoms with Gasteiger partial charge in [0.1, 0.15) is 0 Å². The van der Waals surface area contributed by atoms with E-state index >= 15 is 0 Å². The molecular formula is C15H22BrNO3S. The lowest BCUT2D eigenvalue weighted by atomic mass is 9.88. The molecule has 1 heterocycles. The highest BCUT2D eigenvalue weighted by atomic mass is 79.9. The SMILES string of the molecule is CC1CC(C)C(C)N(S(=O)(=O)c2ccc(CO)cc2Br)C1. The molecule has 0 radical (unpaired) electrons.